The first kappa shape index (κ1) is 24.5. The molecule has 2 aliphatic rings. The van der Waals surface area contributed by atoms with Gasteiger partial charge in [-0.2, -0.15) is 0 Å². The molecule has 0 saturated carbocycles. The first-order valence-corrected chi connectivity index (χ1v) is 11.8. The summed E-state index contributed by atoms with van der Waals surface area (Å²) in [6, 6.07) is 12.9. The smallest absolute Gasteiger partial charge is 0.310 e. The molecule has 1 fully saturated rings. The summed E-state index contributed by atoms with van der Waals surface area (Å²) in [5.41, 5.74) is 3.13. The second kappa shape index (κ2) is 9.72. The van der Waals surface area contributed by atoms with Gasteiger partial charge in [-0.15, -0.1) is 0 Å². The fourth-order valence-corrected chi connectivity index (χ4v) is 5.50. The molecule has 0 spiro atoms. The zero-order valence-electron chi connectivity index (χ0n) is 20.9. The second-order valence-electron chi connectivity index (χ2n) is 9.04. The first-order valence-electron chi connectivity index (χ1n) is 11.8. The van der Waals surface area contributed by atoms with Gasteiger partial charge in [0.05, 0.1) is 47.0 Å². The number of phenolic OH excluding ortho intramolecular Hbond substituents is 1. The fraction of sp³-hybridized carbons (Fsp3) is 0.321. The fourth-order valence-electron chi connectivity index (χ4n) is 5.50. The van der Waals surface area contributed by atoms with E-state index in [0.29, 0.717) is 22.7 Å². The van der Waals surface area contributed by atoms with E-state index in [9.17, 15) is 14.3 Å². The van der Waals surface area contributed by atoms with Gasteiger partial charge in [0.25, 0.3) is 0 Å². The van der Waals surface area contributed by atoms with Gasteiger partial charge in [0.1, 0.15) is 5.82 Å². The predicted molar refractivity (Wildman–Crippen MR) is 133 cm³/mol. The Morgan fingerprint density at radius 2 is 1.43 bits per heavy atom. The van der Waals surface area contributed by atoms with Gasteiger partial charge in [-0.1, -0.05) is 0 Å². The number of halogens is 1. The third-order valence-electron chi connectivity index (χ3n) is 7.23. The van der Waals surface area contributed by atoms with Crippen LogP contribution in [0.3, 0.4) is 0 Å². The third kappa shape index (κ3) is 4.14. The van der Waals surface area contributed by atoms with E-state index in [-0.39, 0.29) is 47.6 Å². The summed E-state index contributed by atoms with van der Waals surface area (Å²) in [7, 11) is 6.02. The largest absolute Gasteiger partial charge is 0.502 e. The van der Waals surface area contributed by atoms with Crippen molar-refractivity contribution in [1.29, 1.82) is 0 Å². The van der Waals surface area contributed by atoms with Crippen LogP contribution in [0.5, 0.6) is 28.7 Å². The number of ether oxygens (including phenoxy) is 5. The van der Waals surface area contributed by atoms with Crippen molar-refractivity contribution < 1.29 is 38.0 Å². The van der Waals surface area contributed by atoms with Crippen molar-refractivity contribution in [2.75, 3.05) is 40.4 Å². The van der Waals surface area contributed by atoms with Crippen LogP contribution in [-0.4, -0.2) is 46.1 Å². The number of carbonyl (C=O) groups is 1. The molecule has 2 N–H and O–H groups in total. The van der Waals surface area contributed by atoms with E-state index in [1.54, 1.807) is 38.5 Å². The number of benzene rings is 3. The maximum absolute atomic E-state index is 13.6. The molecule has 1 saturated heterocycles. The highest BCUT2D eigenvalue weighted by molar-refractivity contribution is 5.79. The molecule has 3 aromatic rings. The van der Waals surface area contributed by atoms with Gasteiger partial charge in [-0.3, -0.25) is 4.79 Å². The topological polar surface area (TPSA) is 95.5 Å². The minimum absolute atomic E-state index is 0.126. The standard InChI is InChI=1S/C28H28FNO7/c1-33-20-11-17-18(12-21(20)34-2)26(30-16-7-5-15(29)6-8-16)19-13-37-28(32)25(19)24(17)14-9-22(35-3)27(31)23(10-14)36-4/h5-12,19,24-26,30-31H,13H2,1-4H3/t19-,24+,25-,26?/m0/s1. The number of methoxy groups -OCH3 is 4. The van der Waals surface area contributed by atoms with Crippen molar-refractivity contribution >= 4 is 11.7 Å². The lowest BCUT2D eigenvalue weighted by Gasteiger charge is -2.40. The number of cyclic esters (lactones) is 1. The Balaban J connectivity index is 1.73. The van der Waals surface area contributed by atoms with Crippen molar-refractivity contribution in [2.45, 2.75) is 12.0 Å². The van der Waals surface area contributed by atoms with E-state index in [1.165, 1.54) is 26.4 Å². The Morgan fingerprint density at radius 1 is 0.865 bits per heavy atom. The lowest BCUT2D eigenvalue weighted by atomic mass is 9.65. The van der Waals surface area contributed by atoms with Crippen LogP contribution in [0.1, 0.15) is 28.7 Å². The van der Waals surface area contributed by atoms with Gasteiger partial charge >= 0.3 is 5.97 Å². The van der Waals surface area contributed by atoms with Crippen LogP contribution in [0.4, 0.5) is 10.1 Å². The van der Waals surface area contributed by atoms with Crippen molar-refractivity contribution in [3.05, 3.63) is 71.0 Å². The molecule has 5 rings (SSSR count). The number of hydrogen-bond donors (Lipinski definition) is 2. The Morgan fingerprint density at radius 3 is 2.00 bits per heavy atom. The molecule has 1 heterocycles. The van der Waals surface area contributed by atoms with Gasteiger partial charge < -0.3 is 34.1 Å². The summed E-state index contributed by atoms with van der Waals surface area (Å²) in [4.78, 5) is 13.2. The summed E-state index contributed by atoms with van der Waals surface area (Å²) in [5, 5.41) is 14.0. The Bertz CT molecular complexity index is 1300. The van der Waals surface area contributed by atoms with Crippen molar-refractivity contribution in [3.63, 3.8) is 0 Å². The summed E-state index contributed by atoms with van der Waals surface area (Å²) in [6.45, 7) is 0.207. The molecule has 1 aliphatic carbocycles. The van der Waals surface area contributed by atoms with Crippen molar-refractivity contribution in [2.24, 2.45) is 11.8 Å². The lowest BCUT2D eigenvalue weighted by Crippen LogP contribution is -2.37. The maximum Gasteiger partial charge on any atom is 0.310 e. The van der Waals surface area contributed by atoms with Gasteiger partial charge in [0.15, 0.2) is 23.0 Å². The van der Waals surface area contributed by atoms with Crippen LogP contribution in [0.2, 0.25) is 0 Å². The monoisotopic (exact) mass is 509 g/mol. The summed E-state index contributed by atoms with van der Waals surface area (Å²) in [6.07, 6.45) is 0. The zero-order chi connectivity index (χ0) is 26.3. The number of rotatable bonds is 7. The first-order chi connectivity index (χ1) is 17.9. The summed E-state index contributed by atoms with van der Waals surface area (Å²) < 4.78 is 41.2. The number of phenols is 1. The molecule has 8 nitrogen and oxygen atoms in total. The van der Waals surface area contributed by atoms with Gasteiger partial charge in [0.2, 0.25) is 5.75 Å². The van der Waals surface area contributed by atoms with E-state index in [4.69, 9.17) is 23.7 Å². The molecule has 0 amide bonds. The minimum atomic E-state index is -0.553. The molecular formula is C28H28FNO7. The van der Waals surface area contributed by atoms with Crippen LogP contribution >= 0.6 is 0 Å². The van der Waals surface area contributed by atoms with Gasteiger partial charge in [-0.25, -0.2) is 4.39 Å². The molecule has 3 aromatic carbocycles. The van der Waals surface area contributed by atoms with Crippen LogP contribution in [0.15, 0.2) is 48.5 Å². The van der Waals surface area contributed by atoms with Crippen LogP contribution in [0, 0.1) is 17.7 Å². The number of fused-ring (bicyclic) bond motifs is 2. The second-order valence-corrected chi connectivity index (χ2v) is 9.04. The van der Waals surface area contributed by atoms with Gasteiger partial charge in [-0.05, 0) is 65.2 Å². The maximum atomic E-state index is 13.6. The van der Waals surface area contributed by atoms with E-state index >= 15 is 0 Å². The van der Waals surface area contributed by atoms with Gasteiger partial charge in [0, 0.05) is 17.5 Å². The van der Waals surface area contributed by atoms with Crippen LogP contribution in [-0.2, 0) is 9.53 Å². The molecule has 194 valence electrons. The summed E-state index contributed by atoms with van der Waals surface area (Å²) >= 11 is 0. The molecule has 4 atom stereocenters. The van der Waals surface area contributed by atoms with E-state index < -0.39 is 11.8 Å². The van der Waals surface area contributed by atoms with Crippen molar-refractivity contribution in [1.82, 2.24) is 0 Å². The quantitative estimate of drug-likeness (QED) is 0.445. The number of esters is 1. The number of anilines is 1. The van der Waals surface area contributed by atoms with Crippen LogP contribution in [0.25, 0.3) is 0 Å². The Kier molecular flexibility index (Phi) is 6.45. The SMILES string of the molecule is COc1cc2c(cc1OC)[C@@H](c1cc(OC)c(O)c(OC)c1)[C@H]1C(=O)OC[C@@H]1C2Nc1ccc(F)cc1. The highest BCUT2D eigenvalue weighted by Gasteiger charge is 2.52. The number of carbonyl (C=O) groups excluding carboxylic acids is 1. The molecule has 1 unspecified atom stereocenters. The van der Waals surface area contributed by atoms with E-state index in [0.717, 1.165) is 11.1 Å². The number of nitrogens with one attached hydrogen (secondary N) is 1. The minimum Gasteiger partial charge on any atom is -0.502 e. The molecule has 1 aliphatic heterocycles. The van der Waals surface area contributed by atoms with E-state index in [1.807, 2.05) is 12.1 Å². The summed E-state index contributed by atoms with van der Waals surface area (Å²) in [5.74, 6) is -0.549. The average Bonchev–Trinajstić information content (AvgIpc) is 3.30. The Hall–Kier alpha value is -4.14. The Labute approximate surface area is 213 Å². The van der Waals surface area contributed by atoms with E-state index in [2.05, 4.69) is 5.32 Å². The molecule has 0 radical (unpaired) electrons. The van der Waals surface area contributed by atoms with Crippen LogP contribution < -0.4 is 24.3 Å². The highest BCUT2D eigenvalue weighted by Crippen LogP contribution is 2.55. The molecule has 37 heavy (non-hydrogen) atoms. The molecule has 0 bridgehead atoms. The zero-order valence-corrected chi connectivity index (χ0v) is 20.9. The highest BCUT2D eigenvalue weighted by atomic mass is 19.1. The lowest BCUT2D eigenvalue weighted by molar-refractivity contribution is -0.141. The average molecular weight is 510 g/mol. The normalized spacial score (nSPS) is 21.9. The predicted octanol–water partition coefficient (Wildman–Crippen LogP) is 4.65. The molecule has 9 heteroatoms. The third-order valence-corrected chi connectivity index (χ3v) is 7.23. The number of hydrogen-bond acceptors (Lipinski definition) is 8. The van der Waals surface area contributed by atoms with Crippen molar-refractivity contribution in [3.8, 4) is 28.7 Å². The molecular weight excluding hydrogens is 481 g/mol. The molecule has 0 aromatic heterocycles. The number of aromatic hydroxyl groups is 1.